The summed E-state index contributed by atoms with van der Waals surface area (Å²) in [4.78, 5) is 22.4. The van der Waals surface area contributed by atoms with Crippen LogP contribution >= 0.6 is 0 Å². The Bertz CT molecular complexity index is 285. The second-order valence-electron chi connectivity index (χ2n) is 5.58. The maximum absolute atomic E-state index is 11.3. The molecule has 0 heterocycles. The number of nitrogens with one attached hydrogen (secondary N) is 2. The third-order valence-electron chi connectivity index (χ3n) is 1.34. The number of carbonyl (C=O) groups excluding carboxylic acids is 2. The predicted molar refractivity (Wildman–Crippen MR) is 71.8 cm³/mol. The minimum Gasteiger partial charge on any atom is -0.443 e. The Morgan fingerprint density at radius 3 is 2.06 bits per heavy atom. The van der Waals surface area contributed by atoms with Crippen molar-refractivity contribution in [3.8, 4) is 0 Å². The van der Waals surface area contributed by atoms with Crippen molar-refractivity contribution in [1.82, 2.24) is 10.9 Å². The van der Waals surface area contributed by atoms with E-state index in [1.165, 1.54) is 0 Å². The highest BCUT2D eigenvalue weighted by atomic mass is 16.6. The molecule has 94 valence electrons. The highest BCUT2D eigenvalue weighted by Crippen LogP contribution is 2.05. The molecule has 0 bridgehead atoms. The lowest BCUT2D eigenvalue weighted by Crippen LogP contribution is -2.47. The molecule has 0 saturated heterocycles. The van der Waals surface area contributed by atoms with Crippen molar-refractivity contribution in [2.24, 2.45) is 0 Å². The molecule has 0 aromatic rings. The standard InChI is InChI=1S/C8H19B3N2O4/c1-7(2,3)17-6(15)13-12-5(14)4-16-8(9,10)11/h4,9-11H2,1-3H3,(H,12,14)(H,13,15). The number of amides is 2. The topological polar surface area (TPSA) is 76.7 Å². The minimum atomic E-state index is -0.707. The van der Waals surface area contributed by atoms with Crippen molar-refractivity contribution in [2.45, 2.75) is 31.7 Å². The second kappa shape index (κ2) is 6.00. The van der Waals surface area contributed by atoms with Gasteiger partial charge in [0.2, 0.25) is 0 Å². The molecule has 0 aromatic carbocycles. The minimum absolute atomic E-state index is 0.126. The average molecular weight is 240 g/mol. The SMILES string of the molecule is BC(B)(B)OCC(=O)NNC(=O)OC(C)(C)C. The molecular weight excluding hydrogens is 221 g/mol. The summed E-state index contributed by atoms with van der Waals surface area (Å²) in [6.07, 6.45) is -0.707. The van der Waals surface area contributed by atoms with Crippen LogP contribution in [0.5, 0.6) is 0 Å². The van der Waals surface area contributed by atoms with Gasteiger partial charge in [0.15, 0.2) is 0 Å². The van der Waals surface area contributed by atoms with Gasteiger partial charge in [0.1, 0.15) is 35.7 Å². The lowest BCUT2D eigenvalue weighted by Gasteiger charge is -2.21. The van der Waals surface area contributed by atoms with E-state index in [9.17, 15) is 9.59 Å². The first-order valence-corrected chi connectivity index (χ1v) is 5.41. The van der Waals surface area contributed by atoms with Gasteiger partial charge in [0, 0.05) is 0 Å². The van der Waals surface area contributed by atoms with Crippen LogP contribution in [0.2, 0.25) is 0 Å². The van der Waals surface area contributed by atoms with E-state index in [0.717, 1.165) is 0 Å². The molecule has 0 spiro atoms. The highest BCUT2D eigenvalue weighted by molar-refractivity contribution is 6.58. The molecule has 0 atom stereocenters. The summed E-state index contributed by atoms with van der Waals surface area (Å²) in [5, 5.41) is -0.400. The van der Waals surface area contributed by atoms with E-state index >= 15 is 0 Å². The van der Waals surface area contributed by atoms with Crippen molar-refractivity contribution >= 4 is 35.5 Å². The fraction of sp³-hybridized carbons (Fsp3) is 0.750. The Morgan fingerprint density at radius 2 is 1.65 bits per heavy atom. The Morgan fingerprint density at radius 1 is 1.12 bits per heavy atom. The van der Waals surface area contributed by atoms with Gasteiger partial charge in [-0.3, -0.25) is 10.2 Å². The monoisotopic (exact) mass is 240 g/mol. The van der Waals surface area contributed by atoms with Gasteiger partial charge in [-0.1, -0.05) is 0 Å². The van der Waals surface area contributed by atoms with Crippen molar-refractivity contribution < 1.29 is 19.1 Å². The number of carbonyl (C=O) groups is 2. The molecule has 0 unspecified atom stereocenters. The molecule has 9 heteroatoms. The normalized spacial score (nSPS) is 11.7. The van der Waals surface area contributed by atoms with Crippen LogP contribution in [0.25, 0.3) is 0 Å². The molecule has 2 amide bonds. The highest BCUT2D eigenvalue weighted by Gasteiger charge is 2.17. The van der Waals surface area contributed by atoms with Gasteiger partial charge in [-0.15, -0.1) is 0 Å². The molecule has 6 nitrogen and oxygen atoms in total. The molecule has 2 N–H and O–H groups in total. The van der Waals surface area contributed by atoms with E-state index in [2.05, 4.69) is 10.9 Å². The molecule has 0 aliphatic rings. The maximum atomic E-state index is 11.3. The van der Waals surface area contributed by atoms with E-state index in [4.69, 9.17) is 9.47 Å². The van der Waals surface area contributed by atoms with Gasteiger partial charge in [-0.25, -0.2) is 10.2 Å². The van der Waals surface area contributed by atoms with Gasteiger partial charge < -0.3 is 9.47 Å². The molecule has 0 aliphatic heterocycles. The number of hydrazine groups is 1. The summed E-state index contributed by atoms with van der Waals surface area (Å²) in [5.41, 5.74) is 3.72. The van der Waals surface area contributed by atoms with E-state index < -0.39 is 22.9 Å². The van der Waals surface area contributed by atoms with Gasteiger partial charge in [-0.05, 0) is 26.1 Å². The van der Waals surface area contributed by atoms with Crippen LogP contribution in [0, 0.1) is 0 Å². The van der Waals surface area contributed by atoms with Crippen molar-refractivity contribution in [1.29, 1.82) is 0 Å². The quantitative estimate of drug-likeness (QED) is 0.408. The molecule has 0 fully saturated rings. The first kappa shape index (κ1) is 15.9. The van der Waals surface area contributed by atoms with Crippen LogP contribution in [-0.2, 0) is 14.3 Å². The third kappa shape index (κ3) is 11.2. The number of hydrogen-bond donors (Lipinski definition) is 2. The predicted octanol–water partition coefficient (Wildman–Crippen LogP) is -2.93. The molecule has 17 heavy (non-hydrogen) atoms. The smallest absolute Gasteiger partial charge is 0.426 e. The Hall–Kier alpha value is -1.11. The number of hydrogen-bond acceptors (Lipinski definition) is 4. The Labute approximate surface area is 104 Å². The van der Waals surface area contributed by atoms with E-state index in [0.29, 0.717) is 0 Å². The summed E-state index contributed by atoms with van der Waals surface area (Å²) < 4.78 is 10.1. The van der Waals surface area contributed by atoms with E-state index in [1.807, 2.05) is 23.5 Å². The van der Waals surface area contributed by atoms with Crippen molar-refractivity contribution in [2.75, 3.05) is 6.61 Å². The summed E-state index contributed by atoms with van der Waals surface area (Å²) in [7, 11) is 5.50. The Kier molecular flexibility index (Phi) is 5.61. The molecule has 0 aromatic heterocycles. The van der Waals surface area contributed by atoms with Crippen LogP contribution in [0.1, 0.15) is 20.8 Å². The summed E-state index contributed by atoms with van der Waals surface area (Å²) >= 11 is 0. The third-order valence-corrected chi connectivity index (χ3v) is 1.34. The Balaban J connectivity index is 3.82. The van der Waals surface area contributed by atoms with E-state index in [-0.39, 0.29) is 6.61 Å². The maximum Gasteiger partial charge on any atom is 0.426 e. The van der Waals surface area contributed by atoms with Crippen LogP contribution in [0.3, 0.4) is 0 Å². The zero-order valence-corrected chi connectivity index (χ0v) is 11.3. The van der Waals surface area contributed by atoms with Gasteiger partial charge in [0.05, 0.1) is 0 Å². The number of rotatable bonds is 3. The van der Waals surface area contributed by atoms with Crippen molar-refractivity contribution in [3.63, 3.8) is 0 Å². The molecule has 0 rings (SSSR count). The van der Waals surface area contributed by atoms with E-state index in [1.54, 1.807) is 20.8 Å². The van der Waals surface area contributed by atoms with Crippen molar-refractivity contribution in [3.05, 3.63) is 0 Å². The largest absolute Gasteiger partial charge is 0.443 e. The van der Waals surface area contributed by atoms with Gasteiger partial charge in [0.25, 0.3) is 5.91 Å². The lowest BCUT2D eigenvalue weighted by atomic mass is 9.52. The van der Waals surface area contributed by atoms with Crippen LogP contribution in [0.15, 0.2) is 0 Å². The molecule has 0 saturated carbocycles. The summed E-state index contributed by atoms with van der Waals surface area (Å²) in [6.45, 7) is 5.07. The van der Waals surface area contributed by atoms with Gasteiger partial charge >= 0.3 is 6.09 Å². The zero-order chi connectivity index (χ0) is 13.7. The lowest BCUT2D eigenvalue weighted by molar-refractivity contribution is -0.127. The molecule has 0 aliphatic carbocycles. The first-order chi connectivity index (χ1) is 7.49. The molecule has 0 radical (unpaired) electrons. The second-order valence-corrected chi connectivity index (χ2v) is 5.58. The fourth-order valence-corrected chi connectivity index (χ4v) is 0.742. The summed E-state index contributed by atoms with van der Waals surface area (Å²) in [5.74, 6) is -0.439. The fourth-order valence-electron chi connectivity index (χ4n) is 0.742. The number of ether oxygens (including phenoxy) is 2. The van der Waals surface area contributed by atoms with Crippen LogP contribution in [0.4, 0.5) is 4.79 Å². The first-order valence-electron chi connectivity index (χ1n) is 5.41. The van der Waals surface area contributed by atoms with Crippen LogP contribution < -0.4 is 10.9 Å². The zero-order valence-electron chi connectivity index (χ0n) is 11.3. The van der Waals surface area contributed by atoms with Crippen LogP contribution in [-0.4, -0.2) is 53.0 Å². The summed E-state index contributed by atoms with van der Waals surface area (Å²) in [6, 6.07) is 0. The molecular formula is C8H19B3N2O4. The average Bonchev–Trinajstić information content (AvgIpc) is 2.07. The van der Waals surface area contributed by atoms with Gasteiger partial charge in [-0.2, -0.15) is 0 Å².